The van der Waals surface area contributed by atoms with Crippen molar-refractivity contribution < 1.29 is 37.7 Å². The lowest BCUT2D eigenvalue weighted by atomic mass is 10.1. The van der Waals surface area contributed by atoms with E-state index in [9.17, 15) is 33.0 Å². The number of carboxylic acids is 1. The standard InChI is InChI=1S/C19H13ClF3NO5/c1-9-12(7-17(26)27)13-6-16(25)14(20)8-15(13)24(9)18(28)10-2-4-11(5-3-10)29-19(21,22)23/h2-6,8,25H,7H2,1H3,(H,26,27). The third kappa shape index (κ3) is 4.14. The van der Waals surface area contributed by atoms with E-state index in [0.29, 0.717) is 16.6 Å². The number of aromatic hydroxyl groups is 1. The summed E-state index contributed by atoms with van der Waals surface area (Å²) in [5.41, 5.74) is 0.933. The van der Waals surface area contributed by atoms with Gasteiger partial charge >= 0.3 is 12.3 Å². The minimum atomic E-state index is -4.86. The molecule has 2 aromatic carbocycles. The Bertz CT molecular complexity index is 1120. The second-order valence-electron chi connectivity index (χ2n) is 6.17. The van der Waals surface area contributed by atoms with Crippen LogP contribution < -0.4 is 4.74 Å². The van der Waals surface area contributed by atoms with E-state index in [0.717, 1.165) is 24.3 Å². The van der Waals surface area contributed by atoms with Crippen molar-refractivity contribution >= 4 is 34.4 Å². The zero-order valence-corrected chi connectivity index (χ0v) is 15.5. The number of fused-ring (bicyclic) bond motifs is 1. The van der Waals surface area contributed by atoms with Crippen molar-refractivity contribution in [2.24, 2.45) is 0 Å². The molecule has 0 spiro atoms. The molecule has 0 bridgehead atoms. The lowest BCUT2D eigenvalue weighted by molar-refractivity contribution is -0.274. The van der Waals surface area contributed by atoms with Crippen molar-refractivity contribution in [1.82, 2.24) is 4.57 Å². The van der Waals surface area contributed by atoms with E-state index in [1.807, 2.05) is 0 Å². The Morgan fingerprint density at radius 3 is 2.34 bits per heavy atom. The number of halogens is 4. The number of ether oxygens (including phenoxy) is 1. The van der Waals surface area contributed by atoms with Gasteiger partial charge in [-0.25, -0.2) is 0 Å². The van der Waals surface area contributed by atoms with Gasteiger partial charge in [0.05, 0.1) is 17.0 Å². The molecule has 152 valence electrons. The van der Waals surface area contributed by atoms with Crippen LogP contribution in [-0.2, 0) is 11.2 Å². The third-order valence-electron chi connectivity index (χ3n) is 4.27. The zero-order valence-electron chi connectivity index (χ0n) is 14.7. The minimum Gasteiger partial charge on any atom is -0.506 e. The number of aromatic nitrogens is 1. The highest BCUT2D eigenvalue weighted by atomic mass is 35.5. The molecule has 29 heavy (non-hydrogen) atoms. The van der Waals surface area contributed by atoms with Crippen LogP contribution in [0.3, 0.4) is 0 Å². The summed E-state index contributed by atoms with van der Waals surface area (Å²) in [5.74, 6) is -2.50. The molecule has 0 aliphatic heterocycles. The van der Waals surface area contributed by atoms with Crippen molar-refractivity contribution in [3.8, 4) is 11.5 Å². The number of benzene rings is 2. The van der Waals surface area contributed by atoms with Crippen LogP contribution in [0.5, 0.6) is 11.5 Å². The van der Waals surface area contributed by atoms with Crippen molar-refractivity contribution in [3.05, 3.63) is 58.2 Å². The molecule has 0 atom stereocenters. The van der Waals surface area contributed by atoms with Crippen LogP contribution in [0.2, 0.25) is 5.02 Å². The fraction of sp³-hybridized carbons (Fsp3) is 0.158. The first-order valence-electron chi connectivity index (χ1n) is 8.12. The second-order valence-corrected chi connectivity index (χ2v) is 6.58. The van der Waals surface area contributed by atoms with Crippen LogP contribution in [0.1, 0.15) is 21.6 Å². The molecular formula is C19H13ClF3NO5. The van der Waals surface area contributed by atoms with Gasteiger partial charge < -0.3 is 14.9 Å². The van der Waals surface area contributed by atoms with Crippen LogP contribution in [0, 0.1) is 6.92 Å². The van der Waals surface area contributed by atoms with Crippen molar-refractivity contribution in [2.75, 3.05) is 0 Å². The number of phenolic OH excluding ortho intramolecular Hbond substituents is 1. The van der Waals surface area contributed by atoms with Gasteiger partial charge in [0, 0.05) is 16.6 Å². The Morgan fingerprint density at radius 2 is 1.79 bits per heavy atom. The fourth-order valence-electron chi connectivity index (χ4n) is 3.05. The molecule has 0 saturated heterocycles. The first-order chi connectivity index (χ1) is 13.5. The first kappa shape index (κ1) is 20.5. The first-order valence-corrected chi connectivity index (χ1v) is 8.50. The molecule has 0 unspecified atom stereocenters. The van der Waals surface area contributed by atoms with E-state index in [-0.39, 0.29) is 21.9 Å². The maximum atomic E-state index is 13.0. The highest BCUT2D eigenvalue weighted by Crippen LogP contribution is 2.35. The molecule has 3 rings (SSSR count). The molecule has 6 nitrogen and oxygen atoms in total. The van der Waals surface area contributed by atoms with Gasteiger partial charge in [-0.1, -0.05) is 11.6 Å². The molecule has 0 aliphatic rings. The van der Waals surface area contributed by atoms with Gasteiger partial charge in [0.25, 0.3) is 5.91 Å². The van der Waals surface area contributed by atoms with Gasteiger partial charge in [-0.15, -0.1) is 13.2 Å². The maximum Gasteiger partial charge on any atom is 0.573 e. The van der Waals surface area contributed by atoms with Gasteiger partial charge in [0.2, 0.25) is 0 Å². The Balaban J connectivity index is 2.11. The monoisotopic (exact) mass is 427 g/mol. The van der Waals surface area contributed by atoms with Crippen LogP contribution in [-0.4, -0.2) is 33.0 Å². The predicted molar refractivity (Wildman–Crippen MR) is 97.5 cm³/mol. The number of alkyl halides is 3. The van der Waals surface area contributed by atoms with Crippen LogP contribution in [0.15, 0.2) is 36.4 Å². The van der Waals surface area contributed by atoms with Crippen molar-refractivity contribution in [1.29, 1.82) is 0 Å². The number of carbonyl (C=O) groups is 2. The van der Waals surface area contributed by atoms with E-state index < -0.39 is 30.4 Å². The number of carboxylic acid groups (broad SMARTS) is 1. The minimum absolute atomic E-state index is 0.0418. The SMILES string of the molecule is Cc1c(CC(=O)O)c2cc(O)c(Cl)cc2n1C(=O)c1ccc(OC(F)(F)F)cc1. The van der Waals surface area contributed by atoms with E-state index in [1.165, 1.54) is 23.6 Å². The highest BCUT2D eigenvalue weighted by molar-refractivity contribution is 6.33. The van der Waals surface area contributed by atoms with E-state index >= 15 is 0 Å². The number of hydrogen-bond acceptors (Lipinski definition) is 4. The lowest BCUT2D eigenvalue weighted by Crippen LogP contribution is -2.17. The molecule has 0 radical (unpaired) electrons. The third-order valence-corrected chi connectivity index (χ3v) is 4.57. The number of phenols is 1. The summed E-state index contributed by atoms with van der Waals surface area (Å²) in [5, 5.41) is 19.3. The van der Waals surface area contributed by atoms with E-state index in [4.69, 9.17) is 11.6 Å². The van der Waals surface area contributed by atoms with Crippen LogP contribution >= 0.6 is 11.6 Å². The van der Waals surface area contributed by atoms with Crippen LogP contribution in [0.25, 0.3) is 10.9 Å². The average molecular weight is 428 g/mol. The van der Waals surface area contributed by atoms with Gasteiger partial charge in [-0.05, 0) is 48.9 Å². The summed E-state index contributed by atoms with van der Waals surface area (Å²) < 4.78 is 41.9. The molecule has 0 fully saturated rings. The van der Waals surface area contributed by atoms with E-state index in [1.54, 1.807) is 0 Å². The lowest BCUT2D eigenvalue weighted by Gasteiger charge is -2.10. The summed E-state index contributed by atoms with van der Waals surface area (Å²) in [4.78, 5) is 24.2. The summed E-state index contributed by atoms with van der Waals surface area (Å²) >= 11 is 5.95. The van der Waals surface area contributed by atoms with Crippen LogP contribution in [0.4, 0.5) is 13.2 Å². The Kier molecular flexibility index (Phi) is 5.18. The van der Waals surface area contributed by atoms with Crippen molar-refractivity contribution in [3.63, 3.8) is 0 Å². The Hall–Kier alpha value is -3.20. The maximum absolute atomic E-state index is 13.0. The summed E-state index contributed by atoms with van der Waals surface area (Å²) in [7, 11) is 0. The molecule has 3 aromatic rings. The molecule has 10 heteroatoms. The van der Waals surface area contributed by atoms with Gasteiger partial charge in [-0.3, -0.25) is 14.2 Å². The topological polar surface area (TPSA) is 88.8 Å². The smallest absolute Gasteiger partial charge is 0.506 e. The van der Waals surface area contributed by atoms with E-state index in [2.05, 4.69) is 4.74 Å². The molecule has 0 saturated carbocycles. The number of carbonyl (C=O) groups excluding carboxylic acids is 1. The summed E-state index contributed by atoms with van der Waals surface area (Å²) in [6, 6.07) is 6.91. The Morgan fingerprint density at radius 1 is 1.17 bits per heavy atom. The number of aliphatic carboxylic acids is 1. The number of nitrogens with zero attached hydrogens (tertiary/aromatic N) is 1. The predicted octanol–water partition coefficient (Wildman–Crippen LogP) is 4.52. The fourth-order valence-corrected chi connectivity index (χ4v) is 3.21. The second kappa shape index (κ2) is 7.32. The summed E-state index contributed by atoms with van der Waals surface area (Å²) in [6.45, 7) is 1.53. The molecule has 0 aliphatic carbocycles. The molecule has 1 aromatic heterocycles. The zero-order chi connectivity index (χ0) is 21.5. The largest absolute Gasteiger partial charge is 0.573 e. The molecular weight excluding hydrogens is 415 g/mol. The molecule has 1 heterocycles. The highest BCUT2D eigenvalue weighted by Gasteiger charge is 2.31. The average Bonchev–Trinajstić information content (AvgIpc) is 2.85. The molecule has 0 amide bonds. The van der Waals surface area contributed by atoms with Gasteiger partial charge in [0.15, 0.2) is 0 Å². The van der Waals surface area contributed by atoms with Crippen molar-refractivity contribution in [2.45, 2.75) is 19.7 Å². The number of hydrogen-bond donors (Lipinski definition) is 2. The number of rotatable bonds is 4. The summed E-state index contributed by atoms with van der Waals surface area (Å²) in [6.07, 6.45) is -5.26. The van der Waals surface area contributed by atoms with Gasteiger partial charge in [0.1, 0.15) is 11.5 Å². The van der Waals surface area contributed by atoms with Gasteiger partial charge in [-0.2, -0.15) is 0 Å². The normalized spacial score (nSPS) is 11.6. The quantitative estimate of drug-likeness (QED) is 0.639. The molecule has 2 N–H and O–H groups in total. The Labute approximate surface area is 166 Å².